The molecule has 2 unspecified atom stereocenters. The molecule has 2 aromatic carbocycles. The van der Waals surface area contributed by atoms with E-state index < -0.39 is 5.54 Å². The summed E-state index contributed by atoms with van der Waals surface area (Å²) in [7, 11) is 0. The molecule has 22 heavy (non-hydrogen) atoms. The molecule has 0 radical (unpaired) electrons. The molecule has 2 nitrogen and oxygen atoms in total. The van der Waals surface area contributed by atoms with Crippen LogP contribution in [0.15, 0.2) is 77.9 Å². The van der Waals surface area contributed by atoms with E-state index in [1.54, 1.807) is 0 Å². The highest BCUT2D eigenvalue weighted by molar-refractivity contribution is 14.1. The van der Waals surface area contributed by atoms with E-state index in [1.807, 2.05) is 30.4 Å². The Morgan fingerprint density at radius 2 is 1.91 bits per heavy atom. The van der Waals surface area contributed by atoms with Crippen molar-refractivity contribution >= 4 is 22.6 Å². The predicted octanol–water partition coefficient (Wildman–Crippen LogP) is 5.74. The van der Waals surface area contributed by atoms with Gasteiger partial charge in [-0.05, 0) is 52.8 Å². The van der Waals surface area contributed by atoms with Gasteiger partial charge in [0, 0.05) is 9.49 Å². The number of nitrogens with one attached hydrogen (secondary N) is 1. The van der Waals surface area contributed by atoms with Crippen molar-refractivity contribution in [2.24, 2.45) is 5.11 Å². The molecule has 0 fully saturated rings. The molecule has 0 aliphatic heterocycles. The zero-order chi connectivity index (χ0) is 15.6. The number of benzene rings is 2. The monoisotopic (exact) mass is 400 g/mol. The van der Waals surface area contributed by atoms with Gasteiger partial charge in [0.05, 0.1) is 0 Å². The van der Waals surface area contributed by atoms with Gasteiger partial charge in [0.25, 0.3) is 0 Å². The van der Waals surface area contributed by atoms with Gasteiger partial charge in [-0.15, -0.1) is 0 Å². The average Bonchev–Trinajstić information content (AvgIpc) is 2.55. The SMILES string of the molecule is Cc1cccc(C2C=CC=CC2(N=N)c2ccccc2I)c1. The van der Waals surface area contributed by atoms with Gasteiger partial charge in [-0.3, -0.25) is 0 Å². The first-order valence-electron chi connectivity index (χ1n) is 7.23. The van der Waals surface area contributed by atoms with E-state index in [0.717, 1.165) is 9.13 Å². The molecular formula is C19H17IN2. The highest BCUT2D eigenvalue weighted by Gasteiger charge is 2.40. The highest BCUT2D eigenvalue weighted by Crippen LogP contribution is 2.46. The Balaban J connectivity index is 2.20. The van der Waals surface area contributed by atoms with Gasteiger partial charge in [0.15, 0.2) is 0 Å². The Hall–Kier alpha value is -1.75. The number of hydrogen-bond acceptors (Lipinski definition) is 2. The van der Waals surface area contributed by atoms with Crippen LogP contribution in [0.2, 0.25) is 0 Å². The quantitative estimate of drug-likeness (QED) is 0.504. The van der Waals surface area contributed by atoms with Crippen LogP contribution in [-0.4, -0.2) is 0 Å². The van der Waals surface area contributed by atoms with E-state index >= 15 is 0 Å². The van der Waals surface area contributed by atoms with Crippen molar-refractivity contribution in [1.29, 1.82) is 5.53 Å². The summed E-state index contributed by atoms with van der Waals surface area (Å²) in [5.41, 5.74) is 10.8. The van der Waals surface area contributed by atoms with Crippen molar-refractivity contribution in [3.8, 4) is 0 Å². The summed E-state index contributed by atoms with van der Waals surface area (Å²) in [4.78, 5) is 0. The van der Waals surface area contributed by atoms with Crippen molar-refractivity contribution in [3.63, 3.8) is 0 Å². The van der Waals surface area contributed by atoms with Gasteiger partial charge in [0.1, 0.15) is 5.54 Å². The van der Waals surface area contributed by atoms with Crippen LogP contribution in [0.4, 0.5) is 0 Å². The molecule has 0 saturated carbocycles. The molecule has 0 heterocycles. The zero-order valence-electron chi connectivity index (χ0n) is 12.3. The van der Waals surface area contributed by atoms with Crippen LogP contribution < -0.4 is 0 Å². The average molecular weight is 400 g/mol. The minimum atomic E-state index is -0.666. The zero-order valence-corrected chi connectivity index (χ0v) is 14.5. The molecule has 1 aliphatic carbocycles. The lowest BCUT2D eigenvalue weighted by atomic mass is 9.72. The van der Waals surface area contributed by atoms with Gasteiger partial charge in [-0.2, -0.15) is 5.11 Å². The van der Waals surface area contributed by atoms with Gasteiger partial charge in [-0.25, -0.2) is 5.53 Å². The number of hydrogen-bond donors (Lipinski definition) is 1. The molecule has 3 heteroatoms. The van der Waals surface area contributed by atoms with Crippen molar-refractivity contribution in [3.05, 3.63) is 93.1 Å². The summed E-state index contributed by atoms with van der Waals surface area (Å²) in [5, 5.41) is 4.10. The van der Waals surface area contributed by atoms with Crippen molar-refractivity contribution in [1.82, 2.24) is 0 Å². The second-order valence-electron chi connectivity index (χ2n) is 5.55. The molecule has 0 spiro atoms. The molecule has 1 N–H and O–H groups in total. The molecule has 2 atom stereocenters. The molecule has 3 rings (SSSR count). The van der Waals surface area contributed by atoms with Crippen molar-refractivity contribution < 1.29 is 0 Å². The van der Waals surface area contributed by atoms with Crippen LogP contribution in [0.1, 0.15) is 22.6 Å². The van der Waals surface area contributed by atoms with E-state index in [-0.39, 0.29) is 5.92 Å². The summed E-state index contributed by atoms with van der Waals surface area (Å²) in [6.45, 7) is 2.09. The van der Waals surface area contributed by atoms with Gasteiger partial charge >= 0.3 is 0 Å². The Bertz CT molecular complexity index is 764. The normalized spacial score (nSPS) is 23.5. The summed E-state index contributed by atoms with van der Waals surface area (Å²) >= 11 is 2.33. The Morgan fingerprint density at radius 3 is 2.64 bits per heavy atom. The largest absolute Gasteiger partial charge is 0.209 e. The van der Waals surface area contributed by atoms with Crippen LogP contribution in [0.3, 0.4) is 0 Å². The van der Waals surface area contributed by atoms with Gasteiger partial charge in [-0.1, -0.05) is 66.3 Å². The first kappa shape index (κ1) is 15.2. The van der Waals surface area contributed by atoms with Crippen LogP contribution in [0.25, 0.3) is 0 Å². The molecule has 0 bridgehead atoms. The lowest BCUT2D eigenvalue weighted by Gasteiger charge is -2.35. The van der Waals surface area contributed by atoms with Crippen LogP contribution in [0, 0.1) is 16.0 Å². The molecule has 1 aliphatic rings. The fourth-order valence-corrected chi connectivity index (χ4v) is 3.89. The van der Waals surface area contributed by atoms with E-state index in [2.05, 4.69) is 77.1 Å². The molecule has 0 amide bonds. The number of allylic oxidation sites excluding steroid dienone is 2. The number of halogens is 1. The Labute approximate surface area is 144 Å². The standard InChI is InChI=1S/C19H17IN2/c1-14-7-6-8-15(13-14)16-9-4-5-12-19(16,22-21)17-10-2-3-11-18(17)20/h2-13,16,21H,1H3. The van der Waals surface area contributed by atoms with E-state index in [0.29, 0.717) is 0 Å². The van der Waals surface area contributed by atoms with Crippen LogP contribution in [0.5, 0.6) is 0 Å². The minimum Gasteiger partial charge on any atom is -0.209 e. The highest BCUT2D eigenvalue weighted by atomic mass is 127. The molecule has 0 saturated heterocycles. The van der Waals surface area contributed by atoms with Crippen molar-refractivity contribution in [2.45, 2.75) is 18.4 Å². The fraction of sp³-hybridized carbons (Fsp3) is 0.158. The summed E-state index contributed by atoms with van der Waals surface area (Å²) in [5.74, 6) is 0.0332. The minimum absolute atomic E-state index is 0.0332. The first-order chi connectivity index (χ1) is 10.7. The van der Waals surface area contributed by atoms with Gasteiger partial charge in [0.2, 0.25) is 0 Å². The maximum Gasteiger partial charge on any atom is 0.136 e. The van der Waals surface area contributed by atoms with E-state index in [4.69, 9.17) is 5.53 Å². The third kappa shape index (κ3) is 2.54. The Morgan fingerprint density at radius 1 is 1.09 bits per heavy atom. The topological polar surface area (TPSA) is 36.2 Å². The van der Waals surface area contributed by atoms with Crippen LogP contribution in [-0.2, 0) is 5.54 Å². The lowest BCUT2D eigenvalue weighted by molar-refractivity contribution is 0.461. The van der Waals surface area contributed by atoms with Gasteiger partial charge < -0.3 is 0 Å². The summed E-state index contributed by atoms with van der Waals surface area (Å²) < 4.78 is 1.13. The number of nitrogens with zero attached hydrogens (tertiary/aromatic N) is 1. The number of rotatable bonds is 3. The smallest absolute Gasteiger partial charge is 0.136 e. The van der Waals surface area contributed by atoms with E-state index in [9.17, 15) is 0 Å². The number of aryl methyl sites for hydroxylation is 1. The molecular weight excluding hydrogens is 383 g/mol. The fourth-order valence-electron chi connectivity index (χ4n) is 3.07. The van der Waals surface area contributed by atoms with Crippen LogP contribution >= 0.6 is 22.6 Å². The summed E-state index contributed by atoms with van der Waals surface area (Å²) in [6, 6.07) is 16.7. The maximum atomic E-state index is 7.95. The second kappa shape index (κ2) is 6.16. The predicted molar refractivity (Wildman–Crippen MR) is 98.2 cm³/mol. The third-order valence-corrected chi connectivity index (χ3v) is 5.07. The molecule has 110 valence electrons. The summed E-state index contributed by atoms with van der Waals surface area (Å²) in [6.07, 6.45) is 8.24. The third-order valence-electron chi connectivity index (χ3n) is 4.13. The molecule has 2 aromatic rings. The van der Waals surface area contributed by atoms with Crippen molar-refractivity contribution in [2.75, 3.05) is 0 Å². The second-order valence-corrected chi connectivity index (χ2v) is 6.72. The van der Waals surface area contributed by atoms with E-state index in [1.165, 1.54) is 11.1 Å². The maximum absolute atomic E-state index is 7.95. The molecule has 0 aromatic heterocycles. The lowest BCUT2D eigenvalue weighted by Crippen LogP contribution is -2.30. The first-order valence-corrected chi connectivity index (χ1v) is 8.31. The Kier molecular flexibility index (Phi) is 4.25.